The summed E-state index contributed by atoms with van der Waals surface area (Å²) >= 11 is 0. The smallest absolute Gasteiger partial charge is 0.250 e. The Hall–Kier alpha value is -1.09. The molecule has 0 spiro atoms. The number of aromatic nitrogens is 1. The van der Waals surface area contributed by atoms with E-state index in [0.717, 1.165) is 32.2 Å². The van der Waals surface area contributed by atoms with Gasteiger partial charge in [0.25, 0.3) is 5.56 Å². The van der Waals surface area contributed by atoms with Crippen molar-refractivity contribution in [3.8, 4) is 0 Å². The Balaban J connectivity index is 2.06. The van der Waals surface area contributed by atoms with Crippen LogP contribution in [-0.2, 0) is 19.4 Å². The second-order valence-electron chi connectivity index (χ2n) is 4.98. The van der Waals surface area contributed by atoms with Crippen LogP contribution >= 0.6 is 0 Å². The molecule has 0 radical (unpaired) electrons. The first-order valence-corrected chi connectivity index (χ1v) is 6.61. The zero-order chi connectivity index (χ0) is 12.3. The average molecular weight is 234 g/mol. The predicted octanol–water partition coefficient (Wildman–Crippen LogP) is 1.73. The van der Waals surface area contributed by atoms with Crippen LogP contribution in [0.15, 0.2) is 16.9 Å². The zero-order valence-electron chi connectivity index (χ0n) is 10.8. The zero-order valence-corrected chi connectivity index (χ0v) is 10.8. The van der Waals surface area contributed by atoms with Crippen LogP contribution in [0.2, 0.25) is 0 Å². The Morgan fingerprint density at radius 1 is 1.41 bits per heavy atom. The van der Waals surface area contributed by atoms with Crippen LogP contribution in [0.25, 0.3) is 0 Å². The van der Waals surface area contributed by atoms with Crippen molar-refractivity contribution in [1.82, 2.24) is 9.88 Å². The van der Waals surface area contributed by atoms with Gasteiger partial charge in [-0.05, 0) is 51.6 Å². The molecular formula is C14H22N2O. The lowest BCUT2D eigenvalue weighted by molar-refractivity contribution is 0.496. The van der Waals surface area contributed by atoms with E-state index in [-0.39, 0.29) is 5.56 Å². The third kappa shape index (κ3) is 2.78. The predicted molar refractivity (Wildman–Crippen MR) is 70.5 cm³/mol. The minimum Gasteiger partial charge on any atom is -0.317 e. The van der Waals surface area contributed by atoms with E-state index < -0.39 is 0 Å². The minimum absolute atomic E-state index is 0.169. The summed E-state index contributed by atoms with van der Waals surface area (Å²) < 4.78 is 1.99. The molecule has 2 rings (SSSR count). The summed E-state index contributed by atoms with van der Waals surface area (Å²) in [5.74, 6) is 0. The first-order valence-electron chi connectivity index (χ1n) is 6.61. The molecular weight excluding hydrogens is 212 g/mol. The molecule has 3 heteroatoms. The second kappa shape index (κ2) is 5.50. The molecule has 94 valence electrons. The van der Waals surface area contributed by atoms with E-state index >= 15 is 0 Å². The number of hydrogen-bond donors (Lipinski definition) is 1. The highest BCUT2D eigenvalue weighted by atomic mass is 16.1. The maximum absolute atomic E-state index is 11.9. The van der Waals surface area contributed by atoms with Crippen molar-refractivity contribution < 1.29 is 0 Å². The van der Waals surface area contributed by atoms with Crippen LogP contribution in [0.1, 0.15) is 37.4 Å². The van der Waals surface area contributed by atoms with Gasteiger partial charge in [-0.2, -0.15) is 0 Å². The minimum atomic E-state index is 0.169. The summed E-state index contributed by atoms with van der Waals surface area (Å²) in [6.45, 7) is 3.05. The molecule has 0 bridgehead atoms. The molecule has 1 unspecified atom stereocenters. The van der Waals surface area contributed by atoms with Gasteiger partial charge < -0.3 is 9.88 Å². The van der Waals surface area contributed by atoms with Gasteiger partial charge in [0.2, 0.25) is 0 Å². The molecule has 1 heterocycles. The number of rotatable bonds is 5. The van der Waals surface area contributed by atoms with E-state index in [1.165, 1.54) is 17.7 Å². The number of pyridine rings is 1. The fraction of sp³-hybridized carbons (Fsp3) is 0.643. The maximum Gasteiger partial charge on any atom is 0.250 e. The van der Waals surface area contributed by atoms with Crippen molar-refractivity contribution >= 4 is 0 Å². The topological polar surface area (TPSA) is 34.0 Å². The Bertz CT molecular complexity index is 436. The van der Waals surface area contributed by atoms with Crippen molar-refractivity contribution in [3.05, 3.63) is 33.7 Å². The Morgan fingerprint density at radius 3 is 3.00 bits per heavy atom. The Kier molecular flexibility index (Phi) is 4.00. The SMILES string of the molecule is CNC(C)CCCn1c2c(ccc1=O)CCC2. The molecule has 1 aliphatic rings. The van der Waals surface area contributed by atoms with Crippen LogP contribution < -0.4 is 10.9 Å². The first-order chi connectivity index (χ1) is 8.22. The maximum atomic E-state index is 11.9. The normalized spacial score (nSPS) is 15.9. The lowest BCUT2D eigenvalue weighted by Gasteiger charge is -2.14. The van der Waals surface area contributed by atoms with Crippen molar-refractivity contribution in [2.45, 2.75) is 51.6 Å². The van der Waals surface area contributed by atoms with E-state index in [1.54, 1.807) is 6.07 Å². The number of hydrogen-bond acceptors (Lipinski definition) is 2. The van der Waals surface area contributed by atoms with E-state index in [0.29, 0.717) is 6.04 Å². The van der Waals surface area contributed by atoms with Crippen molar-refractivity contribution in [2.24, 2.45) is 0 Å². The van der Waals surface area contributed by atoms with Crippen LogP contribution in [0.5, 0.6) is 0 Å². The molecule has 0 aliphatic heterocycles. The molecule has 1 N–H and O–H groups in total. The molecule has 17 heavy (non-hydrogen) atoms. The highest BCUT2D eigenvalue weighted by Gasteiger charge is 2.15. The van der Waals surface area contributed by atoms with Crippen molar-refractivity contribution in [1.29, 1.82) is 0 Å². The van der Waals surface area contributed by atoms with E-state index in [1.807, 2.05) is 17.7 Å². The second-order valence-corrected chi connectivity index (χ2v) is 4.98. The van der Waals surface area contributed by atoms with Gasteiger partial charge in [-0.1, -0.05) is 6.07 Å². The lowest BCUT2D eigenvalue weighted by atomic mass is 10.1. The fourth-order valence-corrected chi connectivity index (χ4v) is 2.58. The van der Waals surface area contributed by atoms with E-state index in [2.05, 4.69) is 12.2 Å². The van der Waals surface area contributed by atoms with Crippen LogP contribution in [-0.4, -0.2) is 17.7 Å². The van der Waals surface area contributed by atoms with Crippen LogP contribution in [0.3, 0.4) is 0 Å². The summed E-state index contributed by atoms with van der Waals surface area (Å²) in [5.41, 5.74) is 2.84. The number of nitrogens with one attached hydrogen (secondary N) is 1. The van der Waals surface area contributed by atoms with Gasteiger partial charge in [-0.3, -0.25) is 4.79 Å². The molecule has 1 aliphatic carbocycles. The highest BCUT2D eigenvalue weighted by molar-refractivity contribution is 5.25. The van der Waals surface area contributed by atoms with Crippen LogP contribution in [0, 0.1) is 0 Å². The monoisotopic (exact) mass is 234 g/mol. The van der Waals surface area contributed by atoms with Gasteiger partial charge in [-0.25, -0.2) is 0 Å². The standard InChI is InChI=1S/C14H22N2O/c1-11(15-2)5-4-10-16-13-7-3-6-12(13)8-9-14(16)17/h8-9,11,15H,3-7,10H2,1-2H3. The highest BCUT2D eigenvalue weighted by Crippen LogP contribution is 2.20. The molecule has 0 aromatic carbocycles. The molecule has 1 aromatic heterocycles. The molecule has 0 saturated heterocycles. The van der Waals surface area contributed by atoms with Crippen molar-refractivity contribution in [3.63, 3.8) is 0 Å². The Morgan fingerprint density at radius 2 is 2.24 bits per heavy atom. The molecule has 0 fully saturated rings. The summed E-state index contributed by atoms with van der Waals surface area (Å²) in [5, 5.41) is 3.23. The summed E-state index contributed by atoms with van der Waals surface area (Å²) in [4.78, 5) is 11.9. The van der Waals surface area contributed by atoms with E-state index in [9.17, 15) is 4.79 Å². The first kappa shape index (κ1) is 12.4. The Labute approximate surface area is 103 Å². The molecule has 3 nitrogen and oxygen atoms in total. The lowest BCUT2D eigenvalue weighted by Crippen LogP contribution is -2.25. The number of aryl methyl sites for hydroxylation is 1. The number of nitrogens with zero attached hydrogens (tertiary/aromatic N) is 1. The summed E-state index contributed by atoms with van der Waals surface area (Å²) in [6, 6.07) is 4.27. The third-order valence-corrected chi connectivity index (χ3v) is 3.76. The largest absolute Gasteiger partial charge is 0.317 e. The molecule has 0 saturated carbocycles. The van der Waals surface area contributed by atoms with Crippen LogP contribution in [0.4, 0.5) is 0 Å². The van der Waals surface area contributed by atoms with Gasteiger partial charge in [0.1, 0.15) is 0 Å². The number of fused-ring (bicyclic) bond motifs is 1. The van der Waals surface area contributed by atoms with Gasteiger partial charge in [-0.15, -0.1) is 0 Å². The van der Waals surface area contributed by atoms with E-state index in [4.69, 9.17) is 0 Å². The van der Waals surface area contributed by atoms with Gasteiger partial charge >= 0.3 is 0 Å². The van der Waals surface area contributed by atoms with Gasteiger partial charge in [0, 0.05) is 24.3 Å². The molecule has 0 amide bonds. The third-order valence-electron chi connectivity index (χ3n) is 3.76. The average Bonchev–Trinajstić information content (AvgIpc) is 2.80. The molecule has 1 aromatic rings. The van der Waals surface area contributed by atoms with Gasteiger partial charge in [0.05, 0.1) is 0 Å². The summed E-state index contributed by atoms with van der Waals surface area (Å²) in [7, 11) is 1.98. The molecule has 1 atom stereocenters. The van der Waals surface area contributed by atoms with Crippen molar-refractivity contribution in [2.75, 3.05) is 7.05 Å². The summed E-state index contributed by atoms with van der Waals surface area (Å²) in [6.07, 6.45) is 5.60. The fourth-order valence-electron chi connectivity index (χ4n) is 2.58. The van der Waals surface area contributed by atoms with Gasteiger partial charge in [0.15, 0.2) is 0 Å². The quantitative estimate of drug-likeness (QED) is 0.842.